The molecule has 0 aliphatic rings. The third kappa shape index (κ3) is 5.18. The molecule has 3 rings (SSSR count). The minimum absolute atomic E-state index is 0.473. The average Bonchev–Trinajstić information content (AvgIpc) is 2.68. The Kier molecular flexibility index (Phi) is 6.64. The Morgan fingerprint density at radius 3 is 2.33 bits per heavy atom. The van der Waals surface area contributed by atoms with Gasteiger partial charge in [0.2, 0.25) is 0 Å². The number of anilines is 1. The van der Waals surface area contributed by atoms with Crippen molar-refractivity contribution >= 4 is 33.2 Å². The lowest BCUT2D eigenvalue weighted by Gasteiger charge is -2.18. The Hall–Kier alpha value is -2.17. The van der Waals surface area contributed by atoms with Crippen LogP contribution >= 0.6 is 27.5 Å². The van der Waals surface area contributed by atoms with E-state index in [0.29, 0.717) is 23.9 Å². The molecule has 0 radical (unpaired) electrons. The predicted octanol–water partition coefficient (Wildman–Crippen LogP) is 6.61. The SMILES string of the molecule is COc1ccc(Br)c(CNc2ccc(Cl)cc2)c1OCc1ccc(C)cc1. The normalized spacial score (nSPS) is 10.5. The van der Waals surface area contributed by atoms with E-state index < -0.39 is 0 Å². The molecule has 0 fully saturated rings. The third-order valence-electron chi connectivity index (χ3n) is 4.20. The molecule has 27 heavy (non-hydrogen) atoms. The summed E-state index contributed by atoms with van der Waals surface area (Å²) >= 11 is 9.59. The van der Waals surface area contributed by atoms with Crippen LogP contribution in [0.5, 0.6) is 11.5 Å². The highest BCUT2D eigenvalue weighted by molar-refractivity contribution is 9.10. The van der Waals surface area contributed by atoms with E-state index in [0.717, 1.165) is 27.0 Å². The van der Waals surface area contributed by atoms with Crippen molar-refractivity contribution < 1.29 is 9.47 Å². The molecule has 3 aromatic carbocycles. The van der Waals surface area contributed by atoms with Gasteiger partial charge in [0.05, 0.1) is 7.11 Å². The number of hydrogen-bond acceptors (Lipinski definition) is 3. The fourth-order valence-electron chi connectivity index (χ4n) is 2.66. The van der Waals surface area contributed by atoms with Crippen LogP contribution in [-0.4, -0.2) is 7.11 Å². The van der Waals surface area contributed by atoms with E-state index in [-0.39, 0.29) is 0 Å². The van der Waals surface area contributed by atoms with Crippen LogP contribution in [0.1, 0.15) is 16.7 Å². The number of benzene rings is 3. The lowest BCUT2D eigenvalue weighted by molar-refractivity contribution is 0.281. The first-order valence-electron chi connectivity index (χ1n) is 8.60. The fourth-order valence-corrected chi connectivity index (χ4v) is 3.24. The summed E-state index contributed by atoms with van der Waals surface area (Å²) in [7, 11) is 1.65. The summed E-state index contributed by atoms with van der Waals surface area (Å²) in [4.78, 5) is 0. The first-order valence-corrected chi connectivity index (χ1v) is 9.77. The molecule has 1 N–H and O–H groups in total. The van der Waals surface area contributed by atoms with Crippen LogP contribution in [-0.2, 0) is 13.2 Å². The number of hydrogen-bond donors (Lipinski definition) is 1. The largest absolute Gasteiger partial charge is 0.493 e. The topological polar surface area (TPSA) is 30.5 Å². The van der Waals surface area contributed by atoms with E-state index in [1.54, 1.807) is 7.11 Å². The van der Waals surface area contributed by atoms with Crippen LogP contribution in [0, 0.1) is 6.92 Å². The molecule has 0 spiro atoms. The first-order chi connectivity index (χ1) is 13.1. The molecule has 0 bridgehead atoms. The highest BCUT2D eigenvalue weighted by atomic mass is 79.9. The first kappa shape index (κ1) is 19.6. The molecule has 0 aliphatic heterocycles. The fraction of sp³-hybridized carbons (Fsp3) is 0.182. The molecule has 5 heteroatoms. The lowest BCUT2D eigenvalue weighted by atomic mass is 10.1. The van der Waals surface area contributed by atoms with E-state index in [2.05, 4.69) is 52.4 Å². The molecule has 0 unspecified atom stereocenters. The number of rotatable bonds is 7. The van der Waals surface area contributed by atoms with E-state index in [4.69, 9.17) is 21.1 Å². The van der Waals surface area contributed by atoms with Crippen molar-refractivity contribution in [1.29, 1.82) is 0 Å². The van der Waals surface area contributed by atoms with Crippen molar-refractivity contribution in [3.05, 3.63) is 86.8 Å². The highest BCUT2D eigenvalue weighted by Gasteiger charge is 2.15. The maximum absolute atomic E-state index is 6.16. The summed E-state index contributed by atoms with van der Waals surface area (Å²) < 4.78 is 12.6. The molecule has 140 valence electrons. The zero-order chi connectivity index (χ0) is 19.2. The molecular weight excluding hydrogens is 426 g/mol. The molecule has 0 atom stereocenters. The van der Waals surface area contributed by atoms with Gasteiger partial charge in [-0.25, -0.2) is 0 Å². The highest BCUT2D eigenvalue weighted by Crippen LogP contribution is 2.37. The molecule has 0 amide bonds. The van der Waals surface area contributed by atoms with Gasteiger partial charge in [-0.15, -0.1) is 0 Å². The van der Waals surface area contributed by atoms with Gasteiger partial charge in [0, 0.05) is 27.3 Å². The van der Waals surface area contributed by atoms with Crippen molar-refractivity contribution in [1.82, 2.24) is 0 Å². The van der Waals surface area contributed by atoms with E-state index in [9.17, 15) is 0 Å². The van der Waals surface area contributed by atoms with Crippen LogP contribution in [0.4, 0.5) is 5.69 Å². The van der Waals surface area contributed by atoms with Gasteiger partial charge in [-0.1, -0.05) is 57.4 Å². The second-order valence-corrected chi connectivity index (χ2v) is 7.48. The molecule has 3 aromatic rings. The number of nitrogens with one attached hydrogen (secondary N) is 1. The van der Waals surface area contributed by atoms with Crippen molar-refractivity contribution in [2.75, 3.05) is 12.4 Å². The van der Waals surface area contributed by atoms with Crippen molar-refractivity contribution in [2.45, 2.75) is 20.1 Å². The standard InChI is InChI=1S/C22H21BrClNO2/c1-15-3-5-16(6-4-15)14-27-22-19(20(23)11-12-21(22)26-2)13-25-18-9-7-17(24)8-10-18/h3-12,25H,13-14H2,1-2H3. The quantitative estimate of drug-likeness (QED) is 0.443. The van der Waals surface area contributed by atoms with Crippen LogP contribution in [0.25, 0.3) is 0 Å². The number of ether oxygens (including phenoxy) is 2. The molecule has 3 nitrogen and oxygen atoms in total. The summed E-state index contributed by atoms with van der Waals surface area (Å²) in [6.07, 6.45) is 0. The monoisotopic (exact) mass is 445 g/mol. The number of halogens is 2. The lowest BCUT2D eigenvalue weighted by Crippen LogP contribution is -2.06. The summed E-state index contributed by atoms with van der Waals surface area (Å²) in [6, 6.07) is 19.8. The van der Waals surface area contributed by atoms with Gasteiger partial charge in [0.25, 0.3) is 0 Å². The third-order valence-corrected chi connectivity index (χ3v) is 5.20. The molecule has 0 saturated carbocycles. The van der Waals surface area contributed by atoms with Gasteiger partial charge in [0.15, 0.2) is 11.5 Å². The average molecular weight is 447 g/mol. The molecule has 0 aromatic heterocycles. The van der Waals surface area contributed by atoms with E-state index in [1.165, 1.54) is 5.56 Å². The van der Waals surface area contributed by atoms with Crippen LogP contribution in [0.15, 0.2) is 65.1 Å². The maximum Gasteiger partial charge on any atom is 0.167 e. The number of methoxy groups -OCH3 is 1. The van der Waals surface area contributed by atoms with Crippen LogP contribution in [0.2, 0.25) is 5.02 Å². The zero-order valence-electron chi connectivity index (χ0n) is 15.3. The summed E-state index contributed by atoms with van der Waals surface area (Å²) in [5.74, 6) is 1.44. The predicted molar refractivity (Wildman–Crippen MR) is 115 cm³/mol. The Morgan fingerprint density at radius 2 is 1.67 bits per heavy atom. The maximum atomic E-state index is 6.16. The Labute approximate surface area is 173 Å². The van der Waals surface area contributed by atoms with Gasteiger partial charge in [-0.05, 0) is 48.9 Å². The van der Waals surface area contributed by atoms with Gasteiger partial charge in [0.1, 0.15) is 6.61 Å². The molecule has 0 saturated heterocycles. The smallest absolute Gasteiger partial charge is 0.167 e. The molecule has 0 heterocycles. The van der Waals surface area contributed by atoms with Gasteiger partial charge < -0.3 is 14.8 Å². The molecular formula is C22H21BrClNO2. The minimum atomic E-state index is 0.473. The summed E-state index contributed by atoms with van der Waals surface area (Å²) in [5.41, 5.74) is 4.32. The van der Waals surface area contributed by atoms with Crippen molar-refractivity contribution in [3.63, 3.8) is 0 Å². The summed E-state index contributed by atoms with van der Waals surface area (Å²) in [6.45, 7) is 3.13. The van der Waals surface area contributed by atoms with Gasteiger partial charge in [-0.2, -0.15) is 0 Å². The van der Waals surface area contributed by atoms with Crippen molar-refractivity contribution in [2.24, 2.45) is 0 Å². The van der Waals surface area contributed by atoms with Crippen LogP contribution < -0.4 is 14.8 Å². The van der Waals surface area contributed by atoms with Gasteiger partial charge in [-0.3, -0.25) is 0 Å². The molecule has 0 aliphatic carbocycles. The minimum Gasteiger partial charge on any atom is -0.493 e. The Morgan fingerprint density at radius 1 is 0.963 bits per heavy atom. The van der Waals surface area contributed by atoms with E-state index >= 15 is 0 Å². The Bertz CT molecular complexity index is 895. The second kappa shape index (κ2) is 9.16. The Balaban J connectivity index is 1.81. The second-order valence-electron chi connectivity index (χ2n) is 6.19. The van der Waals surface area contributed by atoms with E-state index in [1.807, 2.05) is 36.4 Å². The van der Waals surface area contributed by atoms with Crippen molar-refractivity contribution in [3.8, 4) is 11.5 Å². The number of aryl methyl sites for hydroxylation is 1. The summed E-state index contributed by atoms with van der Waals surface area (Å²) in [5, 5.41) is 4.12. The zero-order valence-corrected chi connectivity index (χ0v) is 17.6. The van der Waals surface area contributed by atoms with Crippen LogP contribution in [0.3, 0.4) is 0 Å². The van der Waals surface area contributed by atoms with Gasteiger partial charge >= 0.3 is 0 Å².